The minimum atomic E-state index is 0.471. The van der Waals surface area contributed by atoms with Gasteiger partial charge >= 0.3 is 0 Å². The predicted octanol–water partition coefficient (Wildman–Crippen LogP) is 4.64. The Hall–Kier alpha value is -3.91. The number of carbonyl (C=O) groups excluding carboxylic acids is 1. The van der Waals surface area contributed by atoms with Crippen LogP contribution in [0.25, 0.3) is 22.6 Å². The van der Waals surface area contributed by atoms with E-state index in [1.807, 2.05) is 35.9 Å². The predicted molar refractivity (Wildman–Crippen MR) is 112 cm³/mol. The van der Waals surface area contributed by atoms with E-state index in [-0.39, 0.29) is 0 Å². The van der Waals surface area contributed by atoms with E-state index in [2.05, 4.69) is 52.0 Å². The summed E-state index contributed by atoms with van der Waals surface area (Å²) in [5.74, 6) is 0. The van der Waals surface area contributed by atoms with Crippen molar-refractivity contribution in [3.63, 3.8) is 0 Å². The molecule has 0 aliphatic rings. The van der Waals surface area contributed by atoms with Crippen LogP contribution in [0.3, 0.4) is 0 Å². The molecule has 2 aromatic heterocycles. The van der Waals surface area contributed by atoms with Crippen molar-refractivity contribution in [1.82, 2.24) is 14.1 Å². The van der Waals surface area contributed by atoms with Crippen LogP contribution in [-0.4, -0.2) is 20.4 Å². The number of aromatic nitrogens is 3. The molecule has 0 amide bonds. The summed E-state index contributed by atoms with van der Waals surface area (Å²) in [7, 11) is 0. The zero-order valence-electron chi connectivity index (χ0n) is 16.1. The largest absolute Gasteiger partial charge is 0.313 e. The molecule has 142 valence electrons. The highest BCUT2D eigenvalue weighted by atomic mass is 16.1. The normalized spacial score (nSPS) is 10.6. The van der Waals surface area contributed by atoms with Crippen molar-refractivity contribution < 1.29 is 4.79 Å². The average molecular weight is 380 g/mol. The van der Waals surface area contributed by atoms with Gasteiger partial charge in [-0.1, -0.05) is 12.1 Å². The number of benzene rings is 2. The van der Waals surface area contributed by atoms with Gasteiger partial charge in [0.2, 0.25) is 0 Å². The molecule has 4 rings (SSSR count). The van der Waals surface area contributed by atoms with Crippen molar-refractivity contribution >= 4 is 6.29 Å². The summed E-state index contributed by atoms with van der Waals surface area (Å²) < 4.78 is 4.15. The molecular weight excluding hydrogens is 360 g/mol. The van der Waals surface area contributed by atoms with Crippen LogP contribution in [0.4, 0.5) is 0 Å². The second-order valence-corrected chi connectivity index (χ2v) is 6.88. The van der Waals surface area contributed by atoms with Crippen LogP contribution in [0.5, 0.6) is 0 Å². The van der Waals surface area contributed by atoms with Gasteiger partial charge in [0.15, 0.2) is 0 Å². The summed E-state index contributed by atoms with van der Waals surface area (Å²) in [6.45, 7) is 2.01. The van der Waals surface area contributed by atoms with Crippen molar-refractivity contribution in [2.75, 3.05) is 0 Å². The highest BCUT2D eigenvalue weighted by molar-refractivity contribution is 5.67. The molecular formula is C24H20N4O. The van der Waals surface area contributed by atoms with Gasteiger partial charge < -0.3 is 13.9 Å². The number of nitriles is 1. The van der Waals surface area contributed by atoms with Crippen molar-refractivity contribution in [3.05, 3.63) is 90.1 Å². The first-order chi connectivity index (χ1) is 14.2. The molecule has 0 saturated heterocycles. The fourth-order valence-electron chi connectivity index (χ4n) is 3.58. The number of nitrogens with zero attached hydrogens (tertiary/aromatic N) is 4. The Morgan fingerprint density at radius 2 is 1.93 bits per heavy atom. The summed E-state index contributed by atoms with van der Waals surface area (Å²) in [6, 6.07) is 20.3. The van der Waals surface area contributed by atoms with Crippen molar-refractivity contribution in [3.8, 4) is 28.7 Å². The zero-order valence-corrected chi connectivity index (χ0v) is 16.1. The van der Waals surface area contributed by atoms with Crippen LogP contribution >= 0.6 is 0 Å². The van der Waals surface area contributed by atoms with Crippen LogP contribution in [0, 0.1) is 18.3 Å². The van der Waals surface area contributed by atoms with Gasteiger partial charge in [0.1, 0.15) is 6.29 Å². The topological polar surface area (TPSA) is 63.6 Å². The monoisotopic (exact) mass is 380 g/mol. The first kappa shape index (κ1) is 18.5. The first-order valence-electron chi connectivity index (χ1n) is 9.45. The molecule has 29 heavy (non-hydrogen) atoms. The molecule has 5 heteroatoms. The second-order valence-electron chi connectivity index (χ2n) is 6.88. The lowest BCUT2D eigenvalue weighted by molar-refractivity contribution is -0.107. The van der Waals surface area contributed by atoms with E-state index < -0.39 is 0 Å². The molecule has 0 N–H and O–H groups in total. The van der Waals surface area contributed by atoms with Gasteiger partial charge in [-0.3, -0.25) is 0 Å². The van der Waals surface area contributed by atoms with Gasteiger partial charge in [-0.25, -0.2) is 4.98 Å². The van der Waals surface area contributed by atoms with Crippen molar-refractivity contribution in [2.24, 2.45) is 0 Å². The van der Waals surface area contributed by atoms with Crippen LogP contribution in [-0.2, 0) is 11.2 Å². The molecule has 0 radical (unpaired) electrons. The fraction of sp³-hybridized carbons (Fsp3) is 0.125. The van der Waals surface area contributed by atoms with E-state index in [1.165, 1.54) is 0 Å². The summed E-state index contributed by atoms with van der Waals surface area (Å²) in [5.41, 5.74) is 6.91. The molecule has 5 nitrogen and oxygen atoms in total. The maximum atomic E-state index is 11.0. The maximum absolute atomic E-state index is 11.0. The number of rotatable bonds is 6. The zero-order chi connectivity index (χ0) is 20.2. The highest BCUT2D eigenvalue weighted by Crippen LogP contribution is 2.30. The van der Waals surface area contributed by atoms with E-state index in [1.54, 1.807) is 12.5 Å². The molecule has 4 aromatic rings. The minimum absolute atomic E-state index is 0.471. The fourth-order valence-corrected chi connectivity index (χ4v) is 3.58. The Bertz CT molecular complexity index is 1180. The minimum Gasteiger partial charge on any atom is -0.313 e. The third-order valence-electron chi connectivity index (χ3n) is 5.01. The van der Waals surface area contributed by atoms with Crippen molar-refractivity contribution in [2.45, 2.75) is 19.8 Å². The molecule has 0 bridgehead atoms. The number of aryl methyl sites for hydroxylation is 2. The lowest BCUT2D eigenvalue weighted by atomic mass is 10.1. The lowest BCUT2D eigenvalue weighted by Gasteiger charge is -2.16. The molecule has 0 unspecified atom stereocenters. The van der Waals surface area contributed by atoms with Gasteiger partial charge in [-0.05, 0) is 66.9 Å². The highest BCUT2D eigenvalue weighted by Gasteiger charge is 2.14. The smallest absolute Gasteiger partial charge is 0.120 e. The summed E-state index contributed by atoms with van der Waals surface area (Å²) in [4.78, 5) is 15.0. The molecule has 0 spiro atoms. The van der Waals surface area contributed by atoms with Gasteiger partial charge in [-0.15, -0.1) is 0 Å². The quantitative estimate of drug-likeness (QED) is 0.458. The number of carbonyl (C=O) groups is 1. The van der Waals surface area contributed by atoms with E-state index >= 15 is 0 Å². The lowest BCUT2D eigenvalue weighted by Crippen LogP contribution is -2.05. The maximum Gasteiger partial charge on any atom is 0.120 e. The standard InChI is InChI=1S/C24H20N4O/c1-18-15-19(16-25)4-10-23(18)28-22(3-2-14-29)9-11-24(28)20-5-7-21(8-6-20)27-13-12-26-17-27/h4-15,17H,2-3H2,1H3. The Balaban J connectivity index is 1.81. The molecule has 2 heterocycles. The Kier molecular flexibility index (Phi) is 5.08. The van der Waals surface area contributed by atoms with Crippen LogP contribution < -0.4 is 0 Å². The van der Waals surface area contributed by atoms with Crippen molar-refractivity contribution in [1.29, 1.82) is 5.26 Å². The molecule has 0 saturated carbocycles. The van der Waals surface area contributed by atoms with E-state index in [0.717, 1.165) is 40.2 Å². The van der Waals surface area contributed by atoms with E-state index in [0.29, 0.717) is 18.4 Å². The number of aldehydes is 1. The molecule has 0 fully saturated rings. The Labute approximate surface area is 169 Å². The third kappa shape index (κ3) is 3.61. The van der Waals surface area contributed by atoms with E-state index in [9.17, 15) is 10.1 Å². The molecule has 0 aliphatic heterocycles. The van der Waals surface area contributed by atoms with Gasteiger partial charge in [0.25, 0.3) is 0 Å². The Morgan fingerprint density at radius 1 is 1.10 bits per heavy atom. The van der Waals surface area contributed by atoms with Gasteiger partial charge in [-0.2, -0.15) is 5.26 Å². The summed E-state index contributed by atoms with van der Waals surface area (Å²) >= 11 is 0. The molecule has 0 atom stereocenters. The van der Waals surface area contributed by atoms with E-state index in [4.69, 9.17) is 0 Å². The number of hydrogen-bond acceptors (Lipinski definition) is 3. The second kappa shape index (κ2) is 7.99. The van der Waals surface area contributed by atoms with Crippen LogP contribution in [0.1, 0.15) is 23.2 Å². The van der Waals surface area contributed by atoms with Crippen LogP contribution in [0.2, 0.25) is 0 Å². The SMILES string of the molecule is Cc1cc(C#N)ccc1-n1c(CCC=O)ccc1-c1ccc(-n2ccnc2)cc1. The third-order valence-corrected chi connectivity index (χ3v) is 5.01. The van der Waals surface area contributed by atoms with Gasteiger partial charge in [0, 0.05) is 35.9 Å². The van der Waals surface area contributed by atoms with Crippen LogP contribution in [0.15, 0.2) is 73.3 Å². The van der Waals surface area contributed by atoms with Gasteiger partial charge in [0.05, 0.1) is 23.7 Å². The molecule has 0 aliphatic carbocycles. The first-order valence-corrected chi connectivity index (χ1v) is 9.45. The average Bonchev–Trinajstić information content (AvgIpc) is 3.42. The summed E-state index contributed by atoms with van der Waals surface area (Å²) in [5, 5.41) is 9.19. The number of imidazole rings is 1. The molecule has 2 aromatic carbocycles. The Morgan fingerprint density at radius 3 is 2.59 bits per heavy atom. The number of hydrogen-bond donors (Lipinski definition) is 0. The summed E-state index contributed by atoms with van der Waals surface area (Å²) in [6.07, 6.45) is 7.52.